The maximum absolute atomic E-state index is 12.3. The fourth-order valence-electron chi connectivity index (χ4n) is 2.60. The van der Waals surface area contributed by atoms with Crippen LogP contribution >= 0.6 is 0 Å². The number of rotatable bonds is 6. The molecule has 140 valence electrons. The van der Waals surface area contributed by atoms with Crippen LogP contribution in [0.15, 0.2) is 47.4 Å². The zero-order valence-electron chi connectivity index (χ0n) is 14.3. The number of anilines is 1. The Labute approximate surface area is 155 Å². The van der Waals surface area contributed by atoms with E-state index in [2.05, 4.69) is 10.6 Å². The third-order valence-corrected chi connectivity index (χ3v) is 5.77. The molecule has 1 aliphatic rings. The van der Waals surface area contributed by atoms with E-state index in [-0.39, 0.29) is 28.2 Å². The average Bonchev–Trinajstić information content (AvgIpc) is 2.94. The van der Waals surface area contributed by atoms with Crippen molar-refractivity contribution in [3.63, 3.8) is 0 Å². The summed E-state index contributed by atoms with van der Waals surface area (Å²) in [7, 11) is -2.14. The molecule has 9 heteroatoms. The van der Waals surface area contributed by atoms with Crippen molar-refractivity contribution in [2.24, 2.45) is 0 Å². The molecule has 0 saturated heterocycles. The van der Waals surface area contributed by atoms with Crippen LogP contribution in [-0.4, -0.2) is 39.0 Å². The number of ether oxygens (including phenoxy) is 1. The van der Waals surface area contributed by atoms with Gasteiger partial charge in [0.25, 0.3) is 11.8 Å². The standard InChI is InChI=1S/C18H16N2O6S/c1-26-12-3-5-13(6-4-12)27(24,25)9-8-16(21)19-11-2-7-14-15(10-11)18(23)20-17(14)22/h2-7,10H,8-9H2,1H3,(H,19,21)(H,20,22,23). The van der Waals surface area contributed by atoms with Gasteiger partial charge in [0.2, 0.25) is 5.91 Å². The molecule has 2 aromatic rings. The highest BCUT2D eigenvalue weighted by Gasteiger charge is 2.27. The topological polar surface area (TPSA) is 119 Å². The fraction of sp³-hybridized carbons (Fsp3) is 0.167. The van der Waals surface area contributed by atoms with Crippen molar-refractivity contribution in [2.75, 3.05) is 18.2 Å². The van der Waals surface area contributed by atoms with Crippen LogP contribution in [0.25, 0.3) is 0 Å². The molecule has 0 bridgehead atoms. The zero-order chi connectivity index (χ0) is 19.6. The van der Waals surface area contributed by atoms with Gasteiger partial charge in [0.1, 0.15) is 5.75 Å². The van der Waals surface area contributed by atoms with Crippen LogP contribution in [0.2, 0.25) is 0 Å². The average molecular weight is 388 g/mol. The lowest BCUT2D eigenvalue weighted by Crippen LogP contribution is -2.20. The minimum absolute atomic E-state index is 0.101. The van der Waals surface area contributed by atoms with Crippen LogP contribution in [0.4, 0.5) is 5.69 Å². The van der Waals surface area contributed by atoms with Gasteiger partial charge in [-0.3, -0.25) is 19.7 Å². The molecule has 0 saturated carbocycles. The van der Waals surface area contributed by atoms with Gasteiger partial charge in [0.05, 0.1) is 28.9 Å². The van der Waals surface area contributed by atoms with Crippen molar-refractivity contribution < 1.29 is 27.5 Å². The van der Waals surface area contributed by atoms with Crippen LogP contribution in [-0.2, 0) is 14.6 Å². The number of nitrogens with one attached hydrogen (secondary N) is 2. The third-order valence-electron chi connectivity index (χ3n) is 4.04. The van der Waals surface area contributed by atoms with Crippen molar-refractivity contribution >= 4 is 33.2 Å². The molecule has 0 atom stereocenters. The molecule has 0 radical (unpaired) electrons. The van der Waals surface area contributed by atoms with Crippen LogP contribution in [0.5, 0.6) is 5.75 Å². The Morgan fingerprint density at radius 1 is 1.04 bits per heavy atom. The van der Waals surface area contributed by atoms with Crippen LogP contribution in [0.1, 0.15) is 27.1 Å². The van der Waals surface area contributed by atoms with Crippen molar-refractivity contribution in [1.82, 2.24) is 5.32 Å². The number of benzene rings is 2. The van der Waals surface area contributed by atoms with E-state index in [1.807, 2.05) is 0 Å². The van der Waals surface area contributed by atoms with Crippen molar-refractivity contribution in [3.8, 4) is 5.75 Å². The number of hydrogen-bond donors (Lipinski definition) is 2. The van der Waals surface area contributed by atoms with E-state index in [1.165, 1.54) is 49.6 Å². The number of sulfone groups is 1. The molecule has 3 amide bonds. The summed E-state index contributed by atoms with van der Waals surface area (Å²) in [4.78, 5) is 35.3. The molecule has 27 heavy (non-hydrogen) atoms. The summed E-state index contributed by atoms with van der Waals surface area (Å²) in [6, 6.07) is 10.2. The Bertz CT molecular complexity index is 1030. The van der Waals surface area contributed by atoms with Crippen LogP contribution in [0, 0.1) is 0 Å². The summed E-state index contributed by atoms with van der Waals surface area (Å²) in [6.07, 6.45) is -0.253. The number of carbonyl (C=O) groups is 3. The number of hydrogen-bond acceptors (Lipinski definition) is 6. The van der Waals surface area contributed by atoms with Gasteiger partial charge >= 0.3 is 0 Å². The van der Waals surface area contributed by atoms with Gasteiger partial charge in [-0.1, -0.05) is 0 Å². The summed E-state index contributed by atoms with van der Waals surface area (Å²) < 4.78 is 29.6. The molecule has 0 aromatic heterocycles. The molecule has 2 aromatic carbocycles. The Balaban J connectivity index is 1.63. The number of carbonyl (C=O) groups excluding carboxylic acids is 3. The molecule has 0 unspecified atom stereocenters. The van der Waals surface area contributed by atoms with Gasteiger partial charge in [-0.15, -0.1) is 0 Å². The minimum Gasteiger partial charge on any atom is -0.497 e. The summed E-state index contributed by atoms with van der Waals surface area (Å²) in [5.74, 6) is -1.37. The largest absolute Gasteiger partial charge is 0.497 e. The Morgan fingerprint density at radius 3 is 2.37 bits per heavy atom. The van der Waals surface area contributed by atoms with Crippen LogP contribution < -0.4 is 15.4 Å². The third kappa shape index (κ3) is 3.98. The first-order chi connectivity index (χ1) is 12.8. The van der Waals surface area contributed by atoms with Gasteiger partial charge in [0, 0.05) is 12.1 Å². The SMILES string of the molecule is COc1ccc(S(=O)(=O)CCC(=O)Nc2ccc3c(c2)C(=O)NC3=O)cc1. The molecule has 2 N–H and O–H groups in total. The van der Waals surface area contributed by atoms with Gasteiger partial charge in [-0.05, 0) is 42.5 Å². The Kier molecular flexibility index (Phi) is 4.95. The molecule has 1 aliphatic heterocycles. The van der Waals surface area contributed by atoms with E-state index in [9.17, 15) is 22.8 Å². The number of imide groups is 1. The van der Waals surface area contributed by atoms with Gasteiger partial charge in [-0.2, -0.15) is 0 Å². The summed E-state index contributed by atoms with van der Waals surface area (Å²) in [6.45, 7) is 0. The lowest BCUT2D eigenvalue weighted by molar-refractivity contribution is -0.115. The van der Waals surface area contributed by atoms with Crippen molar-refractivity contribution in [2.45, 2.75) is 11.3 Å². The van der Waals surface area contributed by atoms with Gasteiger partial charge in [-0.25, -0.2) is 8.42 Å². The maximum Gasteiger partial charge on any atom is 0.259 e. The predicted molar refractivity (Wildman–Crippen MR) is 96.5 cm³/mol. The Morgan fingerprint density at radius 2 is 1.70 bits per heavy atom. The molecule has 3 rings (SSSR count). The second-order valence-corrected chi connectivity index (χ2v) is 7.95. The number of fused-ring (bicyclic) bond motifs is 1. The predicted octanol–water partition coefficient (Wildman–Crippen LogP) is 1.38. The molecule has 8 nitrogen and oxygen atoms in total. The monoisotopic (exact) mass is 388 g/mol. The van der Waals surface area contributed by atoms with Gasteiger partial charge in [0.15, 0.2) is 9.84 Å². The lowest BCUT2D eigenvalue weighted by atomic mass is 10.1. The minimum atomic E-state index is -3.62. The van der Waals surface area contributed by atoms with E-state index in [0.717, 1.165) is 0 Å². The summed E-state index contributed by atoms with van der Waals surface area (Å²) in [5.41, 5.74) is 0.717. The van der Waals surface area contributed by atoms with Crippen LogP contribution in [0.3, 0.4) is 0 Å². The van der Waals surface area contributed by atoms with E-state index in [4.69, 9.17) is 4.74 Å². The smallest absolute Gasteiger partial charge is 0.259 e. The number of methoxy groups -OCH3 is 1. The summed E-state index contributed by atoms with van der Waals surface area (Å²) in [5, 5.41) is 4.69. The maximum atomic E-state index is 12.3. The first kappa shape index (κ1) is 18.6. The first-order valence-electron chi connectivity index (χ1n) is 7.96. The molecule has 0 aliphatic carbocycles. The lowest BCUT2D eigenvalue weighted by Gasteiger charge is -2.08. The van der Waals surface area contributed by atoms with E-state index in [1.54, 1.807) is 0 Å². The van der Waals surface area contributed by atoms with E-state index < -0.39 is 27.6 Å². The normalized spacial score (nSPS) is 13.1. The second kappa shape index (κ2) is 7.20. The summed E-state index contributed by atoms with van der Waals surface area (Å²) >= 11 is 0. The number of amides is 3. The highest BCUT2D eigenvalue weighted by molar-refractivity contribution is 7.91. The highest BCUT2D eigenvalue weighted by Crippen LogP contribution is 2.21. The van der Waals surface area contributed by atoms with Crippen molar-refractivity contribution in [3.05, 3.63) is 53.6 Å². The molecular formula is C18H16N2O6S. The van der Waals surface area contributed by atoms with Gasteiger partial charge < -0.3 is 10.1 Å². The highest BCUT2D eigenvalue weighted by atomic mass is 32.2. The molecular weight excluding hydrogens is 372 g/mol. The molecule has 0 fully saturated rings. The first-order valence-corrected chi connectivity index (χ1v) is 9.62. The zero-order valence-corrected chi connectivity index (χ0v) is 15.1. The molecule has 0 spiro atoms. The second-order valence-electron chi connectivity index (χ2n) is 5.84. The fourth-order valence-corrected chi connectivity index (χ4v) is 3.84. The van der Waals surface area contributed by atoms with Crippen molar-refractivity contribution in [1.29, 1.82) is 0 Å². The molecule has 1 heterocycles. The van der Waals surface area contributed by atoms with E-state index >= 15 is 0 Å². The quantitative estimate of drug-likeness (QED) is 0.722. The van der Waals surface area contributed by atoms with E-state index in [0.29, 0.717) is 11.4 Å². The Hall–Kier alpha value is -3.20.